The quantitative estimate of drug-likeness (QED) is 0.777. The number of nitrogens with one attached hydrogen (secondary N) is 1. The first-order valence-corrected chi connectivity index (χ1v) is 8.18. The zero-order valence-corrected chi connectivity index (χ0v) is 14.0. The number of rotatable bonds is 7. The molecule has 0 spiro atoms. The Morgan fingerprint density at radius 1 is 1.14 bits per heavy atom. The fourth-order valence-corrected chi connectivity index (χ4v) is 2.62. The lowest BCUT2D eigenvalue weighted by Gasteiger charge is -2.32. The highest BCUT2D eigenvalue weighted by atomic mass is 16.2. The van der Waals surface area contributed by atoms with Gasteiger partial charge in [-0.2, -0.15) is 0 Å². The van der Waals surface area contributed by atoms with Gasteiger partial charge in [0.1, 0.15) is 0 Å². The van der Waals surface area contributed by atoms with E-state index < -0.39 is 0 Å². The third-order valence-electron chi connectivity index (χ3n) is 4.53. The minimum atomic E-state index is -0.0271. The maximum atomic E-state index is 12.3. The molecule has 2 amide bonds. The molecule has 1 rings (SSSR count). The summed E-state index contributed by atoms with van der Waals surface area (Å²) < 4.78 is 0. The normalized spacial score (nSPS) is 17.3. The van der Waals surface area contributed by atoms with E-state index >= 15 is 0 Å². The molecule has 1 aliphatic carbocycles. The molecule has 0 radical (unpaired) electrons. The lowest BCUT2D eigenvalue weighted by Crippen LogP contribution is -2.46. The summed E-state index contributed by atoms with van der Waals surface area (Å²) in [4.78, 5) is 27.6. The largest absolute Gasteiger partial charge is 0.341 e. The number of likely N-dealkylation sites (N-methyl/N-ethyl adjacent to an activating group) is 2. The maximum absolute atomic E-state index is 12.3. The number of hydrogen-bond donors (Lipinski definition) is 1. The maximum Gasteiger partial charge on any atom is 0.242 e. The molecule has 0 aliphatic heterocycles. The highest BCUT2D eigenvalue weighted by Crippen LogP contribution is 2.21. The second kappa shape index (κ2) is 9.03. The fourth-order valence-electron chi connectivity index (χ4n) is 2.62. The molecule has 0 bridgehead atoms. The predicted molar refractivity (Wildman–Crippen MR) is 85.0 cm³/mol. The van der Waals surface area contributed by atoms with Crippen molar-refractivity contribution in [3.8, 4) is 0 Å². The van der Waals surface area contributed by atoms with Gasteiger partial charge in [0.2, 0.25) is 11.8 Å². The summed E-state index contributed by atoms with van der Waals surface area (Å²) in [5, 5.41) is 3.16. The summed E-state index contributed by atoms with van der Waals surface area (Å²) in [6, 6.07) is 0.677. The van der Waals surface area contributed by atoms with Gasteiger partial charge in [0.25, 0.3) is 0 Å². The van der Waals surface area contributed by atoms with Crippen LogP contribution in [0.1, 0.15) is 52.4 Å². The van der Waals surface area contributed by atoms with E-state index in [-0.39, 0.29) is 18.4 Å². The van der Waals surface area contributed by atoms with E-state index in [1.54, 1.807) is 7.05 Å². The standard InChI is InChI=1S/C16H31N3O2/c1-5-13(2)17-11-15(20)18(3)12-16(21)19(4)14-9-7-6-8-10-14/h13-14,17H,5-12H2,1-4H3. The van der Waals surface area contributed by atoms with Crippen LogP contribution in [0.2, 0.25) is 0 Å². The molecule has 0 aromatic rings. The van der Waals surface area contributed by atoms with Crippen LogP contribution < -0.4 is 5.32 Å². The van der Waals surface area contributed by atoms with Crippen molar-refractivity contribution in [2.75, 3.05) is 27.2 Å². The number of carbonyl (C=O) groups is 2. The van der Waals surface area contributed by atoms with Gasteiger partial charge in [-0.3, -0.25) is 9.59 Å². The van der Waals surface area contributed by atoms with Crippen LogP contribution >= 0.6 is 0 Å². The van der Waals surface area contributed by atoms with Crippen LogP contribution in [0.15, 0.2) is 0 Å². The van der Waals surface area contributed by atoms with Crippen molar-refractivity contribution in [2.24, 2.45) is 0 Å². The van der Waals surface area contributed by atoms with Gasteiger partial charge < -0.3 is 15.1 Å². The van der Waals surface area contributed by atoms with E-state index in [1.165, 1.54) is 24.2 Å². The average molecular weight is 297 g/mol. The molecule has 122 valence electrons. The second-order valence-electron chi connectivity index (χ2n) is 6.24. The zero-order valence-electron chi connectivity index (χ0n) is 14.0. The monoisotopic (exact) mass is 297 g/mol. The molecule has 5 heteroatoms. The van der Waals surface area contributed by atoms with Crippen LogP contribution in [0, 0.1) is 0 Å². The van der Waals surface area contributed by atoms with Crippen molar-refractivity contribution in [1.82, 2.24) is 15.1 Å². The molecule has 0 heterocycles. The molecule has 1 saturated carbocycles. The van der Waals surface area contributed by atoms with Crippen molar-refractivity contribution in [3.05, 3.63) is 0 Å². The SMILES string of the molecule is CCC(C)NCC(=O)N(C)CC(=O)N(C)C1CCCCC1. The zero-order chi connectivity index (χ0) is 15.8. The molecule has 21 heavy (non-hydrogen) atoms. The molecule has 1 fully saturated rings. The van der Waals surface area contributed by atoms with Crippen LogP contribution in [0.5, 0.6) is 0 Å². The molecule has 1 N–H and O–H groups in total. The molecular formula is C16H31N3O2. The topological polar surface area (TPSA) is 52.7 Å². The van der Waals surface area contributed by atoms with Gasteiger partial charge in [0, 0.05) is 26.2 Å². The average Bonchev–Trinajstić information content (AvgIpc) is 2.51. The molecule has 0 aromatic carbocycles. The summed E-state index contributed by atoms with van der Waals surface area (Å²) in [5.74, 6) is 0.0157. The number of hydrogen-bond acceptors (Lipinski definition) is 3. The first-order valence-electron chi connectivity index (χ1n) is 8.18. The Morgan fingerprint density at radius 2 is 1.76 bits per heavy atom. The number of amides is 2. The molecule has 1 aliphatic rings. The summed E-state index contributed by atoms with van der Waals surface area (Å²) in [6.07, 6.45) is 6.86. The summed E-state index contributed by atoms with van der Waals surface area (Å²) in [6.45, 7) is 4.60. The molecule has 1 unspecified atom stereocenters. The molecule has 5 nitrogen and oxygen atoms in total. The Balaban J connectivity index is 2.36. The first kappa shape index (κ1) is 18.0. The molecule has 0 saturated heterocycles. The van der Waals surface area contributed by atoms with Gasteiger partial charge in [-0.1, -0.05) is 26.2 Å². The van der Waals surface area contributed by atoms with E-state index in [0.717, 1.165) is 19.3 Å². The first-order chi connectivity index (χ1) is 9.95. The van der Waals surface area contributed by atoms with Crippen molar-refractivity contribution in [1.29, 1.82) is 0 Å². The van der Waals surface area contributed by atoms with Gasteiger partial charge in [-0.05, 0) is 26.2 Å². The minimum Gasteiger partial charge on any atom is -0.341 e. The third kappa shape index (κ3) is 6.04. The van der Waals surface area contributed by atoms with Crippen LogP contribution in [0.4, 0.5) is 0 Å². The number of nitrogens with zero attached hydrogens (tertiary/aromatic N) is 2. The van der Waals surface area contributed by atoms with Gasteiger partial charge in [-0.25, -0.2) is 0 Å². The Bertz CT molecular complexity index is 340. The van der Waals surface area contributed by atoms with Crippen molar-refractivity contribution in [2.45, 2.75) is 64.5 Å². The summed E-state index contributed by atoms with van der Waals surface area (Å²) in [7, 11) is 3.57. The van der Waals surface area contributed by atoms with E-state index in [4.69, 9.17) is 0 Å². The lowest BCUT2D eigenvalue weighted by molar-refractivity contribution is -0.139. The Morgan fingerprint density at radius 3 is 2.33 bits per heavy atom. The van der Waals surface area contributed by atoms with Crippen molar-refractivity contribution >= 4 is 11.8 Å². The van der Waals surface area contributed by atoms with Crippen molar-refractivity contribution < 1.29 is 9.59 Å². The summed E-state index contributed by atoms with van der Waals surface area (Å²) >= 11 is 0. The number of carbonyl (C=O) groups excluding carboxylic acids is 2. The van der Waals surface area contributed by atoms with Crippen molar-refractivity contribution in [3.63, 3.8) is 0 Å². The highest BCUT2D eigenvalue weighted by molar-refractivity contribution is 5.85. The van der Waals surface area contributed by atoms with Crippen LogP contribution in [-0.2, 0) is 9.59 Å². The molecule has 0 aromatic heterocycles. The predicted octanol–water partition coefficient (Wildman–Crippen LogP) is 1.62. The van der Waals surface area contributed by atoms with Gasteiger partial charge in [-0.15, -0.1) is 0 Å². The third-order valence-corrected chi connectivity index (χ3v) is 4.53. The van der Waals surface area contributed by atoms with E-state index in [1.807, 2.05) is 11.9 Å². The van der Waals surface area contributed by atoms with Gasteiger partial charge >= 0.3 is 0 Å². The summed E-state index contributed by atoms with van der Waals surface area (Å²) in [5.41, 5.74) is 0. The van der Waals surface area contributed by atoms with E-state index in [0.29, 0.717) is 18.6 Å². The Kier molecular flexibility index (Phi) is 7.72. The minimum absolute atomic E-state index is 0.0271. The van der Waals surface area contributed by atoms with Crippen LogP contribution in [-0.4, -0.2) is 60.9 Å². The Hall–Kier alpha value is -1.10. The van der Waals surface area contributed by atoms with Crippen LogP contribution in [0.3, 0.4) is 0 Å². The van der Waals surface area contributed by atoms with Crippen LogP contribution in [0.25, 0.3) is 0 Å². The second-order valence-corrected chi connectivity index (χ2v) is 6.24. The van der Waals surface area contributed by atoms with E-state index in [2.05, 4.69) is 19.2 Å². The lowest BCUT2D eigenvalue weighted by atomic mass is 9.94. The van der Waals surface area contributed by atoms with Gasteiger partial charge in [0.05, 0.1) is 13.1 Å². The smallest absolute Gasteiger partial charge is 0.242 e. The highest BCUT2D eigenvalue weighted by Gasteiger charge is 2.23. The van der Waals surface area contributed by atoms with E-state index in [9.17, 15) is 9.59 Å². The van der Waals surface area contributed by atoms with Gasteiger partial charge in [0.15, 0.2) is 0 Å². The Labute approximate surface area is 129 Å². The molecular weight excluding hydrogens is 266 g/mol. The molecule has 1 atom stereocenters. The fraction of sp³-hybridized carbons (Fsp3) is 0.875.